The maximum absolute atomic E-state index is 12.5. The van der Waals surface area contributed by atoms with Crippen molar-refractivity contribution in [2.75, 3.05) is 19.1 Å². The molecule has 0 fully saturated rings. The fourth-order valence-corrected chi connectivity index (χ4v) is 4.21. The minimum Gasteiger partial charge on any atom is -0.493 e. The van der Waals surface area contributed by atoms with Crippen LogP contribution in [0.1, 0.15) is 43.6 Å². The van der Waals surface area contributed by atoms with E-state index in [1.165, 1.54) is 30.4 Å². The SMILES string of the molecule is CCCCOc1ccnc(Cl)c1C(OC(C)=O)(c1ccnc(SC)n1)c1ccnc(SC)n1. The Labute approximate surface area is 206 Å². The molecule has 174 valence electrons. The van der Waals surface area contributed by atoms with E-state index in [-0.39, 0.29) is 5.15 Å². The molecule has 0 radical (unpaired) electrons. The number of rotatable bonds is 10. The van der Waals surface area contributed by atoms with E-state index < -0.39 is 11.6 Å². The molecule has 0 saturated carbocycles. The lowest BCUT2D eigenvalue weighted by molar-refractivity contribution is -0.151. The zero-order valence-electron chi connectivity index (χ0n) is 18.7. The summed E-state index contributed by atoms with van der Waals surface area (Å²) in [5.74, 6) is -0.124. The average molecular weight is 506 g/mol. The molecule has 0 atom stereocenters. The lowest BCUT2D eigenvalue weighted by Crippen LogP contribution is -2.38. The van der Waals surface area contributed by atoms with E-state index in [9.17, 15) is 4.79 Å². The zero-order chi connectivity index (χ0) is 23.8. The first-order valence-corrected chi connectivity index (χ1v) is 13.0. The van der Waals surface area contributed by atoms with E-state index in [1.807, 2.05) is 12.5 Å². The number of hydrogen-bond acceptors (Lipinski definition) is 10. The van der Waals surface area contributed by atoms with Crippen molar-refractivity contribution in [1.82, 2.24) is 24.9 Å². The maximum Gasteiger partial charge on any atom is 0.304 e. The van der Waals surface area contributed by atoms with Crippen LogP contribution < -0.4 is 4.74 Å². The van der Waals surface area contributed by atoms with Gasteiger partial charge in [0, 0.05) is 25.5 Å². The number of pyridine rings is 1. The molecule has 0 spiro atoms. The molecule has 0 unspecified atom stereocenters. The molecule has 3 aromatic rings. The number of hydrogen-bond donors (Lipinski definition) is 0. The first kappa shape index (κ1) is 25.2. The number of carbonyl (C=O) groups is 1. The summed E-state index contributed by atoms with van der Waals surface area (Å²) in [6, 6.07) is 5.04. The highest BCUT2D eigenvalue weighted by molar-refractivity contribution is 7.98. The first-order chi connectivity index (χ1) is 16.0. The third kappa shape index (κ3) is 5.56. The third-order valence-electron chi connectivity index (χ3n) is 4.62. The van der Waals surface area contributed by atoms with Gasteiger partial charge in [-0.1, -0.05) is 48.5 Å². The van der Waals surface area contributed by atoms with E-state index in [0.29, 0.717) is 39.6 Å². The zero-order valence-corrected chi connectivity index (χ0v) is 21.1. The van der Waals surface area contributed by atoms with E-state index in [2.05, 4.69) is 31.8 Å². The summed E-state index contributed by atoms with van der Waals surface area (Å²) in [6.45, 7) is 3.85. The maximum atomic E-state index is 12.5. The van der Waals surface area contributed by atoms with Crippen molar-refractivity contribution < 1.29 is 14.3 Å². The molecule has 0 aliphatic rings. The Morgan fingerprint density at radius 2 is 1.58 bits per heavy atom. The summed E-state index contributed by atoms with van der Waals surface area (Å²) >= 11 is 9.40. The van der Waals surface area contributed by atoms with Crippen molar-refractivity contribution in [2.24, 2.45) is 0 Å². The van der Waals surface area contributed by atoms with Crippen LogP contribution in [-0.2, 0) is 15.1 Å². The lowest BCUT2D eigenvalue weighted by atomic mass is 9.86. The van der Waals surface area contributed by atoms with Gasteiger partial charge in [0.1, 0.15) is 10.9 Å². The second-order valence-electron chi connectivity index (χ2n) is 6.81. The van der Waals surface area contributed by atoms with Gasteiger partial charge in [0.2, 0.25) is 5.60 Å². The molecular weight excluding hydrogens is 482 g/mol. The Balaban J connectivity index is 2.41. The number of thioether (sulfide) groups is 2. The quantitative estimate of drug-likeness (QED) is 0.126. The van der Waals surface area contributed by atoms with Crippen LogP contribution in [0.2, 0.25) is 5.15 Å². The molecule has 3 heterocycles. The van der Waals surface area contributed by atoms with E-state index in [4.69, 9.17) is 21.1 Å². The Morgan fingerprint density at radius 3 is 2.09 bits per heavy atom. The van der Waals surface area contributed by atoms with Gasteiger partial charge in [-0.05, 0) is 37.1 Å². The van der Waals surface area contributed by atoms with Crippen molar-refractivity contribution in [3.8, 4) is 5.75 Å². The van der Waals surface area contributed by atoms with Crippen molar-refractivity contribution in [3.05, 3.63) is 58.9 Å². The monoisotopic (exact) mass is 505 g/mol. The van der Waals surface area contributed by atoms with Crippen molar-refractivity contribution in [2.45, 2.75) is 42.6 Å². The largest absolute Gasteiger partial charge is 0.493 e. The van der Waals surface area contributed by atoms with Gasteiger partial charge >= 0.3 is 5.97 Å². The Morgan fingerprint density at radius 1 is 1.00 bits per heavy atom. The van der Waals surface area contributed by atoms with E-state index in [1.54, 1.807) is 36.8 Å². The second kappa shape index (κ2) is 11.6. The highest BCUT2D eigenvalue weighted by atomic mass is 35.5. The number of unbranched alkanes of at least 4 members (excludes halogenated alkanes) is 1. The standard InChI is InChI=1S/C22H24ClN5O3S2/c1-5-6-13-30-15-7-10-24-19(23)18(15)22(31-14(2)29,16-8-11-25-20(27-16)32-3)17-9-12-26-21(28-17)33-4/h7-12H,5-6,13H2,1-4H3. The Hall–Kier alpha value is -2.43. The number of ether oxygens (including phenoxy) is 2. The Bertz CT molecular complexity index is 1070. The minimum absolute atomic E-state index is 0.110. The predicted octanol–water partition coefficient (Wildman–Crippen LogP) is 4.79. The third-order valence-corrected chi connectivity index (χ3v) is 6.03. The Kier molecular flexibility index (Phi) is 8.87. The normalized spacial score (nSPS) is 11.3. The van der Waals surface area contributed by atoms with Crippen molar-refractivity contribution in [3.63, 3.8) is 0 Å². The number of carbonyl (C=O) groups excluding carboxylic acids is 1. The molecule has 0 aliphatic heterocycles. The van der Waals surface area contributed by atoms with E-state index >= 15 is 0 Å². The molecule has 0 aromatic carbocycles. The smallest absolute Gasteiger partial charge is 0.304 e. The van der Waals surface area contributed by atoms with Crippen LogP contribution in [0, 0.1) is 0 Å². The molecule has 3 aromatic heterocycles. The van der Waals surface area contributed by atoms with Crippen LogP contribution in [0.4, 0.5) is 0 Å². The van der Waals surface area contributed by atoms with Gasteiger partial charge in [-0.2, -0.15) is 0 Å². The summed E-state index contributed by atoms with van der Waals surface area (Å²) < 4.78 is 12.2. The molecule has 33 heavy (non-hydrogen) atoms. The lowest BCUT2D eigenvalue weighted by Gasteiger charge is -2.34. The molecule has 0 N–H and O–H groups in total. The topological polar surface area (TPSA) is 100.0 Å². The fourth-order valence-electron chi connectivity index (χ4n) is 3.21. The van der Waals surface area contributed by atoms with Gasteiger partial charge in [-0.3, -0.25) is 4.79 Å². The minimum atomic E-state index is -1.64. The summed E-state index contributed by atoms with van der Waals surface area (Å²) in [7, 11) is 0. The number of aromatic nitrogens is 5. The van der Waals surface area contributed by atoms with Crippen LogP contribution in [0.15, 0.2) is 47.1 Å². The number of esters is 1. The predicted molar refractivity (Wildman–Crippen MR) is 129 cm³/mol. The molecule has 0 saturated heterocycles. The number of halogens is 1. The van der Waals surface area contributed by atoms with Crippen LogP contribution in [0.3, 0.4) is 0 Å². The first-order valence-electron chi connectivity index (χ1n) is 10.2. The summed E-state index contributed by atoms with van der Waals surface area (Å²) in [5, 5.41) is 1.10. The van der Waals surface area contributed by atoms with Crippen LogP contribution in [0.5, 0.6) is 5.75 Å². The van der Waals surface area contributed by atoms with Gasteiger partial charge in [0.25, 0.3) is 0 Å². The molecule has 3 rings (SSSR count). The number of nitrogens with zero attached hydrogens (tertiary/aromatic N) is 5. The van der Waals surface area contributed by atoms with Crippen LogP contribution >= 0.6 is 35.1 Å². The van der Waals surface area contributed by atoms with Crippen molar-refractivity contribution >= 4 is 41.1 Å². The van der Waals surface area contributed by atoms with E-state index in [0.717, 1.165) is 12.8 Å². The fraction of sp³-hybridized carbons (Fsp3) is 0.364. The average Bonchev–Trinajstić information content (AvgIpc) is 2.83. The summed E-state index contributed by atoms with van der Waals surface area (Å²) in [5.41, 5.74) is -0.551. The van der Waals surface area contributed by atoms with Gasteiger partial charge < -0.3 is 9.47 Å². The molecule has 0 amide bonds. The summed E-state index contributed by atoms with van der Waals surface area (Å²) in [6.07, 6.45) is 10.3. The highest BCUT2D eigenvalue weighted by Crippen LogP contribution is 2.46. The summed E-state index contributed by atoms with van der Waals surface area (Å²) in [4.78, 5) is 34.7. The molecular formula is C22H24ClN5O3S2. The van der Waals surface area contributed by atoms with Gasteiger partial charge in [0.05, 0.1) is 23.6 Å². The van der Waals surface area contributed by atoms with Crippen molar-refractivity contribution in [1.29, 1.82) is 0 Å². The van der Waals surface area contributed by atoms with Gasteiger partial charge in [0.15, 0.2) is 10.3 Å². The van der Waals surface area contributed by atoms with Gasteiger partial charge in [-0.15, -0.1) is 0 Å². The molecule has 11 heteroatoms. The second-order valence-corrected chi connectivity index (χ2v) is 8.71. The molecule has 0 bridgehead atoms. The van der Waals surface area contributed by atoms with Crippen LogP contribution in [0.25, 0.3) is 0 Å². The molecule has 8 nitrogen and oxygen atoms in total. The van der Waals surface area contributed by atoms with Gasteiger partial charge in [-0.25, -0.2) is 24.9 Å². The molecule has 0 aliphatic carbocycles. The highest BCUT2D eigenvalue weighted by Gasteiger charge is 2.48. The van der Waals surface area contributed by atoms with Crippen LogP contribution in [-0.4, -0.2) is 50.0 Å².